The number of fused-ring (bicyclic) bond motifs is 2. The molecule has 0 bridgehead atoms. The number of piperidine rings is 1. The predicted molar refractivity (Wildman–Crippen MR) is 120 cm³/mol. The van der Waals surface area contributed by atoms with E-state index in [1.54, 1.807) is 23.0 Å². The van der Waals surface area contributed by atoms with E-state index in [1.807, 2.05) is 6.08 Å². The second-order valence-corrected chi connectivity index (χ2v) is 10.8. The molecular formula is C24H21F4N3O3S. The molecule has 6 nitrogen and oxygen atoms in total. The lowest BCUT2D eigenvalue weighted by molar-refractivity contribution is -0.137. The Labute approximate surface area is 199 Å². The molecule has 1 unspecified atom stereocenters. The van der Waals surface area contributed by atoms with Crippen LogP contribution in [0.25, 0.3) is 11.8 Å². The van der Waals surface area contributed by atoms with Crippen molar-refractivity contribution in [2.24, 2.45) is 5.41 Å². The number of hydrogen-bond acceptors (Lipinski definition) is 4. The fourth-order valence-corrected chi connectivity index (χ4v) is 6.39. The maximum Gasteiger partial charge on any atom is 0.416 e. The van der Waals surface area contributed by atoms with Gasteiger partial charge in [0.25, 0.3) is 0 Å². The number of alkyl halides is 3. The third-order valence-electron chi connectivity index (χ3n) is 6.69. The number of nitrogens with zero attached hydrogens (tertiary/aromatic N) is 3. The molecule has 0 spiro atoms. The molecule has 0 amide bonds. The summed E-state index contributed by atoms with van der Waals surface area (Å²) in [5.41, 5.74) is 1.09. The molecule has 2 aliphatic rings. The van der Waals surface area contributed by atoms with Crippen LogP contribution in [0.1, 0.15) is 23.2 Å². The molecular weight excluding hydrogens is 486 g/mol. The maximum absolute atomic E-state index is 13.3. The Bertz CT molecular complexity index is 1410. The van der Waals surface area contributed by atoms with Gasteiger partial charge in [0, 0.05) is 18.5 Å². The van der Waals surface area contributed by atoms with Crippen LogP contribution in [-0.2, 0) is 22.6 Å². The number of halogens is 4. The zero-order chi connectivity index (χ0) is 25.0. The fraction of sp³-hybridized carbons (Fsp3) is 0.292. The summed E-state index contributed by atoms with van der Waals surface area (Å²) in [4.78, 5) is -0.437. The van der Waals surface area contributed by atoms with Gasteiger partial charge in [0.1, 0.15) is 5.82 Å². The van der Waals surface area contributed by atoms with Gasteiger partial charge in [0.15, 0.2) is 0 Å². The summed E-state index contributed by atoms with van der Waals surface area (Å²) in [5, 5.41) is 14.8. The van der Waals surface area contributed by atoms with Crippen molar-refractivity contribution in [3.63, 3.8) is 0 Å². The van der Waals surface area contributed by atoms with Gasteiger partial charge in [-0.1, -0.05) is 11.6 Å². The summed E-state index contributed by atoms with van der Waals surface area (Å²) in [6, 6.07) is 9.53. The highest BCUT2D eigenvalue weighted by atomic mass is 32.2. The number of hydrogen-bond donors (Lipinski definition) is 1. The van der Waals surface area contributed by atoms with Crippen LogP contribution in [0.2, 0.25) is 0 Å². The van der Waals surface area contributed by atoms with E-state index >= 15 is 0 Å². The van der Waals surface area contributed by atoms with Crippen molar-refractivity contribution in [2.75, 3.05) is 19.7 Å². The molecule has 5 rings (SSSR count). The molecule has 1 atom stereocenters. The van der Waals surface area contributed by atoms with Crippen molar-refractivity contribution in [3.05, 3.63) is 82.9 Å². The first kappa shape index (κ1) is 23.7. The van der Waals surface area contributed by atoms with E-state index in [1.165, 1.54) is 12.1 Å². The van der Waals surface area contributed by atoms with Crippen LogP contribution in [0.15, 0.2) is 65.2 Å². The minimum absolute atomic E-state index is 0.0617. The van der Waals surface area contributed by atoms with Crippen molar-refractivity contribution < 1.29 is 31.1 Å². The van der Waals surface area contributed by atoms with Crippen LogP contribution in [-0.4, -0.2) is 47.3 Å². The molecule has 1 N–H and O–H groups in total. The van der Waals surface area contributed by atoms with E-state index in [2.05, 4.69) is 5.10 Å². The van der Waals surface area contributed by atoms with Crippen LogP contribution < -0.4 is 0 Å². The summed E-state index contributed by atoms with van der Waals surface area (Å²) < 4.78 is 82.1. The molecule has 11 heteroatoms. The van der Waals surface area contributed by atoms with Crippen LogP contribution in [0.3, 0.4) is 0 Å². The average Bonchev–Trinajstić information content (AvgIpc) is 3.24. The topological polar surface area (TPSA) is 75.4 Å². The third-order valence-corrected chi connectivity index (χ3v) is 8.53. The van der Waals surface area contributed by atoms with Gasteiger partial charge < -0.3 is 5.11 Å². The van der Waals surface area contributed by atoms with Crippen molar-refractivity contribution in [1.29, 1.82) is 0 Å². The summed E-state index contributed by atoms with van der Waals surface area (Å²) in [6.07, 6.45) is -0.559. The van der Waals surface area contributed by atoms with E-state index in [0.29, 0.717) is 24.6 Å². The summed E-state index contributed by atoms with van der Waals surface area (Å²) >= 11 is 0. The van der Waals surface area contributed by atoms with Crippen LogP contribution in [0.4, 0.5) is 17.6 Å². The molecule has 184 valence electrons. The number of aliphatic hydroxyl groups excluding tert-OH is 1. The minimum Gasteiger partial charge on any atom is -0.395 e. The molecule has 2 heterocycles. The van der Waals surface area contributed by atoms with Gasteiger partial charge in [-0.25, -0.2) is 17.5 Å². The highest BCUT2D eigenvalue weighted by Crippen LogP contribution is 2.45. The average molecular weight is 508 g/mol. The van der Waals surface area contributed by atoms with E-state index in [9.17, 15) is 31.1 Å². The number of rotatable bonds is 4. The summed E-state index contributed by atoms with van der Waals surface area (Å²) in [6.45, 7) is -0.351. The largest absolute Gasteiger partial charge is 0.416 e. The lowest BCUT2D eigenvalue weighted by Crippen LogP contribution is -2.51. The second-order valence-electron chi connectivity index (χ2n) is 8.84. The van der Waals surface area contributed by atoms with Gasteiger partial charge in [-0.15, -0.1) is 0 Å². The quantitative estimate of drug-likeness (QED) is 0.541. The highest BCUT2D eigenvalue weighted by Gasteiger charge is 2.46. The molecule has 0 radical (unpaired) electrons. The Morgan fingerprint density at radius 2 is 1.86 bits per heavy atom. The number of aliphatic hydroxyl groups is 1. The van der Waals surface area contributed by atoms with Gasteiger partial charge >= 0.3 is 6.18 Å². The maximum atomic E-state index is 13.3. The molecule has 0 saturated carbocycles. The smallest absolute Gasteiger partial charge is 0.395 e. The lowest BCUT2D eigenvalue weighted by Gasteiger charge is -2.45. The molecule has 2 aromatic carbocycles. The Kier molecular flexibility index (Phi) is 5.61. The standard InChI is InChI=1S/C24H21F4N3O3S/c25-19-4-6-20(7-5-19)31-22-11-17-8-9-30(14-23(17,15-32)12-16(22)13-29-31)35(33,34)21-3-1-2-18(10-21)24(26,27)28/h1-7,10-11,13,32H,8-9,12,14-15H2. The zero-order valence-electron chi connectivity index (χ0n) is 18.3. The molecule has 1 aliphatic heterocycles. The van der Waals surface area contributed by atoms with Gasteiger partial charge in [-0.3, -0.25) is 0 Å². The number of benzene rings is 2. The third kappa shape index (κ3) is 4.07. The van der Waals surface area contributed by atoms with Gasteiger partial charge in [-0.2, -0.15) is 22.6 Å². The Balaban J connectivity index is 1.47. The molecule has 35 heavy (non-hydrogen) atoms. The van der Waals surface area contributed by atoms with Gasteiger partial charge in [-0.05, 0) is 66.9 Å². The lowest BCUT2D eigenvalue weighted by atomic mass is 9.69. The first-order valence-corrected chi connectivity index (χ1v) is 12.3. The van der Waals surface area contributed by atoms with Gasteiger partial charge in [0.05, 0.1) is 34.6 Å². The molecule has 1 aliphatic carbocycles. The number of aromatic nitrogens is 2. The van der Waals surface area contributed by atoms with Crippen molar-refractivity contribution in [1.82, 2.24) is 14.1 Å². The van der Waals surface area contributed by atoms with E-state index < -0.39 is 32.1 Å². The van der Waals surface area contributed by atoms with Crippen molar-refractivity contribution in [3.8, 4) is 5.69 Å². The minimum atomic E-state index is -4.67. The fourth-order valence-electron chi connectivity index (χ4n) is 4.82. The first-order chi connectivity index (χ1) is 16.5. The zero-order valence-corrected chi connectivity index (χ0v) is 19.2. The molecule has 3 aromatic rings. The normalized spacial score (nSPS) is 20.8. The molecule has 1 saturated heterocycles. The summed E-state index contributed by atoms with van der Waals surface area (Å²) in [5.74, 6) is -0.373. The predicted octanol–water partition coefficient (Wildman–Crippen LogP) is 4.04. The van der Waals surface area contributed by atoms with Crippen molar-refractivity contribution in [2.45, 2.75) is 23.9 Å². The Hall–Kier alpha value is -3.02. The monoisotopic (exact) mass is 507 g/mol. The van der Waals surface area contributed by atoms with E-state index in [0.717, 1.165) is 39.3 Å². The Morgan fingerprint density at radius 3 is 2.54 bits per heavy atom. The van der Waals surface area contributed by atoms with Gasteiger partial charge in [0.2, 0.25) is 10.0 Å². The first-order valence-electron chi connectivity index (χ1n) is 10.9. The van der Waals surface area contributed by atoms with Crippen LogP contribution in [0, 0.1) is 11.2 Å². The SMILES string of the molecule is O=S(=O)(c1cccc(C(F)(F)F)c1)N1CCC2=Cc3c(cnn3-c3ccc(F)cc3)CC2(CO)C1. The van der Waals surface area contributed by atoms with E-state index in [-0.39, 0.29) is 25.5 Å². The highest BCUT2D eigenvalue weighted by molar-refractivity contribution is 7.89. The molecule has 1 fully saturated rings. The number of sulfonamides is 1. The van der Waals surface area contributed by atoms with E-state index in [4.69, 9.17) is 0 Å². The van der Waals surface area contributed by atoms with Crippen LogP contribution in [0.5, 0.6) is 0 Å². The second kappa shape index (κ2) is 8.28. The Morgan fingerprint density at radius 1 is 1.11 bits per heavy atom. The van der Waals surface area contributed by atoms with Crippen LogP contribution >= 0.6 is 0 Å². The molecule has 1 aromatic heterocycles. The van der Waals surface area contributed by atoms with Crippen molar-refractivity contribution >= 4 is 16.1 Å². The summed E-state index contributed by atoms with van der Waals surface area (Å²) in [7, 11) is -4.22.